The average molecular weight is 334 g/mol. The molecule has 0 saturated carbocycles. The maximum atomic E-state index is 11.9. The van der Waals surface area contributed by atoms with Crippen LogP contribution in [0.1, 0.15) is 50.5 Å². The molecule has 0 bridgehead atoms. The molecule has 6 heteroatoms. The Bertz CT molecular complexity index is 586. The number of nitrogens with one attached hydrogen (secondary N) is 2. The van der Waals surface area contributed by atoms with E-state index in [1.165, 1.54) is 0 Å². The molecular weight excluding hydrogens is 308 g/mol. The number of amides is 2. The molecule has 0 aliphatic heterocycles. The molecular formula is C18H26N2O4. The van der Waals surface area contributed by atoms with Crippen LogP contribution in [0.25, 0.3) is 0 Å². The summed E-state index contributed by atoms with van der Waals surface area (Å²) in [5.74, 6) is -1.38. The predicted molar refractivity (Wildman–Crippen MR) is 91.7 cm³/mol. The summed E-state index contributed by atoms with van der Waals surface area (Å²) in [5.41, 5.74) is 1.49. The smallest absolute Gasteiger partial charge is 0.338 e. The fourth-order valence-electron chi connectivity index (χ4n) is 1.92. The van der Waals surface area contributed by atoms with Gasteiger partial charge in [0.05, 0.1) is 12.1 Å². The molecule has 1 rings (SSSR count). The van der Waals surface area contributed by atoms with E-state index in [1.807, 2.05) is 26.0 Å². The van der Waals surface area contributed by atoms with E-state index >= 15 is 0 Å². The van der Waals surface area contributed by atoms with Gasteiger partial charge in [-0.25, -0.2) is 4.79 Å². The van der Waals surface area contributed by atoms with Crippen LogP contribution in [0.2, 0.25) is 0 Å². The predicted octanol–water partition coefficient (Wildman–Crippen LogP) is 1.78. The lowest BCUT2D eigenvalue weighted by Crippen LogP contribution is -2.41. The number of hydrogen-bond acceptors (Lipinski definition) is 4. The fraction of sp³-hybridized carbons (Fsp3) is 0.500. The molecule has 0 radical (unpaired) electrons. The monoisotopic (exact) mass is 334 g/mol. The van der Waals surface area contributed by atoms with E-state index in [4.69, 9.17) is 4.74 Å². The van der Waals surface area contributed by atoms with Crippen LogP contribution < -0.4 is 10.6 Å². The lowest BCUT2D eigenvalue weighted by molar-refractivity contribution is -0.128. The fourth-order valence-corrected chi connectivity index (χ4v) is 1.92. The van der Waals surface area contributed by atoms with Gasteiger partial charge >= 0.3 is 5.97 Å². The highest BCUT2D eigenvalue weighted by molar-refractivity contribution is 5.92. The van der Waals surface area contributed by atoms with Gasteiger partial charge in [0.1, 0.15) is 0 Å². The molecule has 1 aromatic carbocycles. The number of rotatable bonds is 6. The van der Waals surface area contributed by atoms with E-state index in [-0.39, 0.29) is 23.9 Å². The van der Waals surface area contributed by atoms with E-state index in [1.54, 1.807) is 12.1 Å². The maximum Gasteiger partial charge on any atom is 0.338 e. The molecule has 132 valence electrons. The first kappa shape index (κ1) is 19.7. The number of carbonyl (C=O) groups excluding carboxylic acids is 3. The first-order valence-electron chi connectivity index (χ1n) is 7.93. The number of ether oxygens (including phenoxy) is 1. The number of carbonyl (C=O) groups is 3. The van der Waals surface area contributed by atoms with Gasteiger partial charge in [0.15, 0.2) is 6.61 Å². The van der Waals surface area contributed by atoms with Crippen LogP contribution in [-0.4, -0.2) is 37.0 Å². The molecule has 0 aliphatic rings. The van der Waals surface area contributed by atoms with Gasteiger partial charge in [-0.1, -0.05) is 32.9 Å². The van der Waals surface area contributed by atoms with Crippen LogP contribution >= 0.6 is 0 Å². The van der Waals surface area contributed by atoms with Crippen LogP contribution in [0.15, 0.2) is 24.3 Å². The van der Waals surface area contributed by atoms with Gasteiger partial charge in [0.25, 0.3) is 5.91 Å². The standard InChI is InChI=1S/C18H26N2O4/c1-12(2)20-15(21)10-19-16(22)11-24-17(23)13-6-8-14(9-7-13)18(3,4)5/h6-9,12H,10-11H2,1-5H3,(H,19,22)(H,20,21). The number of hydrogen-bond donors (Lipinski definition) is 2. The topological polar surface area (TPSA) is 84.5 Å². The van der Waals surface area contributed by atoms with Crippen molar-refractivity contribution in [3.63, 3.8) is 0 Å². The van der Waals surface area contributed by atoms with Gasteiger partial charge in [-0.15, -0.1) is 0 Å². The molecule has 2 amide bonds. The third-order valence-electron chi connectivity index (χ3n) is 3.22. The van der Waals surface area contributed by atoms with Gasteiger partial charge in [0.2, 0.25) is 5.91 Å². The normalized spacial score (nSPS) is 11.1. The first-order valence-corrected chi connectivity index (χ1v) is 7.93. The summed E-state index contributed by atoms with van der Waals surface area (Å²) in [4.78, 5) is 34.9. The zero-order valence-electron chi connectivity index (χ0n) is 14.9. The van der Waals surface area contributed by atoms with E-state index in [0.29, 0.717) is 5.56 Å². The zero-order valence-corrected chi connectivity index (χ0v) is 14.9. The van der Waals surface area contributed by atoms with Crippen LogP contribution in [-0.2, 0) is 19.7 Å². The van der Waals surface area contributed by atoms with Crippen LogP contribution in [0.3, 0.4) is 0 Å². The molecule has 24 heavy (non-hydrogen) atoms. The van der Waals surface area contributed by atoms with Gasteiger partial charge in [-0.2, -0.15) is 0 Å². The van der Waals surface area contributed by atoms with Crippen molar-refractivity contribution in [2.75, 3.05) is 13.2 Å². The minimum Gasteiger partial charge on any atom is -0.452 e. The Hall–Kier alpha value is -2.37. The Kier molecular flexibility index (Phi) is 6.95. The average Bonchev–Trinajstić information content (AvgIpc) is 2.49. The first-order chi connectivity index (χ1) is 11.1. The van der Waals surface area contributed by atoms with Crippen molar-refractivity contribution < 1.29 is 19.1 Å². The molecule has 6 nitrogen and oxygen atoms in total. The number of benzene rings is 1. The molecule has 0 saturated heterocycles. The summed E-state index contributed by atoms with van der Waals surface area (Å²) in [6.07, 6.45) is 0. The van der Waals surface area contributed by atoms with Crippen molar-refractivity contribution in [3.8, 4) is 0 Å². The molecule has 0 heterocycles. The second-order valence-electron chi connectivity index (χ2n) is 6.90. The lowest BCUT2D eigenvalue weighted by atomic mass is 9.87. The molecule has 0 atom stereocenters. The van der Waals surface area contributed by atoms with Crippen molar-refractivity contribution in [2.24, 2.45) is 0 Å². The third kappa shape index (κ3) is 6.81. The molecule has 0 unspecified atom stereocenters. The SMILES string of the molecule is CC(C)NC(=O)CNC(=O)COC(=O)c1ccc(C(C)(C)C)cc1. The summed E-state index contributed by atoms with van der Waals surface area (Å²) >= 11 is 0. The van der Waals surface area contributed by atoms with Crippen molar-refractivity contribution >= 4 is 17.8 Å². The Morgan fingerprint density at radius 3 is 2.12 bits per heavy atom. The summed E-state index contributed by atoms with van der Waals surface area (Å²) in [6, 6.07) is 7.09. The van der Waals surface area contributed by atoms with Gasteiger partial charge in [-0.05, 0) is 37.0 Å². The van der Waals surface area contributed by atoms with Crippen LogP contribution in [0.4, 0.5) is 0 Å². The number of esters is 1. The molecule has 1 aromatic rings. The highest BCUT2D eigenvalue weighted by Gasteiger charge is 2.15. The lowest BCUT2D eigenvalue weighted by Gasteiger charge is -2.18. The van der Waals surface area contributed by atoms with E-state index < -0.39 is 18.5 Å². The quantitative estimate of drug-likeness (QED) is 0.777. The van der Waals surface area contributed by atoms with Gasteiger partial charge in [0, 0.05) is 6.04 Å². The zero-order chi connectivity index (χ0) is 18.3. The van der Waals surface area contributed by atoms with E-state index in [0.717, 1.165) is 5.56 Å². The van der Waals surface area contributed by atoms with Crippen molar-refractivity contribution in [1.29, 1.82) is 0 Å². The molecule has 0 aromatic heterocycles. The maximum absolute atomic E-state index is 11.9. The highest BCUT2D eigenvalue weighted by Crippen LogP contribution is 2.22. The van der Waals surface area contributed by atoms with Crippen molar-refractivity contribution in [3.05, 3.63) is 35.4 Å². The van der Waals surface area contributed by atoms with Crippen molar-refractivity contribution in [1.82, 2.24) is 10.6 Å². The molecule has 2 N–H and O–H groups in total. The van der Waals surface area contributed by atoms with Crippen molar-refractivity contribution in [2.45, 2.75) is 46.1 Å². The summed E-state index contributed by atoms with van der Waals surface area (Å²) in [7, 11) is 0. The van der Waals surface area contributed by atoms with E-state index in [2.05, 4.69) is 31.4 Å². The molecule has 0 fully saturated rings. The largest absolute Gasteiger partial charge is 0.452 e. The molecule has 0 spiro atoms. The summed E-state index contributed by atoms with van der Waals surface area (Å²) < 4.78 is 4.95. The summed E-state index contributed by atoms with van der Waals surface area (Å²) in [5, 5.41) is 5.04. The van der Waals surface area contributed by atoms with Crippen LogP contribution in [0, 0.1) is 0 Å². The van der Waals surface area contributed by atoms with Gasteiger partial charge < -0.3 is 15.4 Å². The summed E-state index contributed by atoms with van der Waals surface area (Å²) in [6.45, 7) is 9.34. The molecule has 0 aliphatic carbocycles. The minimum absolute atomic E-state index is 0.00111. The Balaban J connectivity index is 2.43. The van der Waals surface area contributed by atoms with E-state index in [9.17, 15) is 14.4 Å². The second kappa shape index (κ2) is 8.47. The van der Waals surface area contributed by atoms with Gasteiger partial charge in [-0.3, -0.25) is 9.59 Å². The minimum atomic E-state index is -0.572. The highest BCUT2D eigenvalue weighted by atomic mass is 16.5. The van der Waals surface area contributed by atoms with Crippen LogP contribution in [0.5, 0.6) is 0 Å². The third-order valence-corrected chi connectivity index (χ3v) is 3.22. The second-order valence-corrected chi connectivity index (χ2v) is 6.90. The Morgan fingerprint density at radius 1 is 1.04 bits per heavy atom. The Morgan fingerprint density at radius 2 is 1.62 bits per heavy atom. The Labute approximate surface area is 143 Å².